The molecule has 2 aliphatic heterocycles. The van der Waals surface area contributed by atoms with Crippen LogP contribution in [0.2, 0.25) is 0 Å². The topological polar surface area (TPSA) is 48.5 Å². The van der Waals surface area contributed by atoms with Crippen LogP contribution >= 0.6 is 0 Å². The van der Waals surface area contributed by atoms with Crippen LogP contribution in [0.1, 0.15) is 53.4 Å². The van der Waals surface area contributed by atoms with Gasteiger partial charge in [-0.3, -0.25) is 9.88 Å². The van der Waals surface area contributed by atoms with E-state index in [0.29, 0.717) is 6.54 Å². The zero-order chi connectivity index (χ0) is 23.3. The number of nitrogens with one attached hydrogen (secondary N) is 1. The number of benzene rings is 2. The van der Waals surface area contributed by atoms with E-state index in [1.54, 1.807) is 0 Å². The van der Waals surface area contributed by atoms with E-state index >= 15 is 0 Å². The zero-order valence-corrected chi connectivity index (χ0v) is 20.0. The van der Waals surface area contributed by atoms with Gasteiger partial charge in [-0.15, -0.1) is 0 Å². The highest BCUT2D eigenvalue weighted by atomic mass is 16.2. The molecule has 1 N–H and O–H groups in total. The number of hydrogen-bond acceptors (Lipinski definition) is 3. The van der Waals surface area contributed by atoms with Gasteiger partial charge >= 0.3 is 6.03 Å². The van der Waals surface area contributed by atoms with E-state index in [9.17, 15) is 4.79 Å². The first-order chi connectivity index (χ1) is 16.7. The van der Waals surface area contributed by atoms with Crippen LogP contribution in [0.25, 0.3) is 0 Å². The van der Waals surface area contributed by atoms with Crippen molar-refractivity contribution >= 4 is 6.03 Å². The minimum atomic E-state index is -0.0783. The van der Waals surface area contributed by atoms with Gasteiger partial charge in [0, 0.05) is 37.9 Å². The molecule has 0 saturated carbocycles. The summed E-state index contributed by atoms with van der Waals surface area (Å²) in [5.74, 6) is 0. The van der Waals surface area contributed by atoms with Crippen LogP contribution in [-0.4, -0.2) is 46.5 Å². The lowest BCUT2D eigenvalue weighted by molar-refractivity contribution is 0.101. The van der Waals surface area contributed by atoms with Gasteiger partial charge in [0.05, 0.1) is 11.7 Å². The van der Waals surface area contributed by atoms with Gasteiger partial charge in [-0.05, 0) is 61.4 Å². The van der Waals surface area contributed by atoms with Gasteiger partial charge < -0.3 is 10.2 Å². The summed E-state index contributed by atoms with van der Waals surface area (Å²) in [5.41, 5.74) is 5.97. The average molecular weight is 455 g/mol. The molecule has 3 aromatic rings. The first-order valence-corrected chi connectivity index (χ1v) is 12.5. The van der Waals surface area contributed by atoms with Crippen molar-refractivity contribution in [3.63, 3.8) is 0 Å². The van der Waals surface area contributed by atoms with Crippen LogP contribution in [0.15, 0.2) is 72.8 Å². The summed E-state index contributed by atoms with van der Waals surface area (Å²) in [4.78, 5) is 22.9. The Kier molecular flexibility index (Phi) is 6.91. The van der Waals surface area contributed by atoms with E-state index in [-0.39, 0.29) is 18.1 Å². The van der Waals surface area contributed by atoms with E-state index in [2.05, 4.69) is 80.8 Å². The van der Waals surface area contributed by atoms with Crippen LogP contribution in [0, 0.1) is 6.92 Å². The van der Waals surface area contributed by atoms with E-state index < -0.39 is 0 Å². The average Bonchev–Trinajstić information content (AvgIpc) is 2.93. The maximum absolute atomic E-state index is 13.6. The molecule has 5 nitrogen and oxygen atoms in total. The third-order valence-electron chi connectivity index (χ3n) is 7.16. The molecule has 0 aliphatic carbocycles. The summed E-state index contributed by atoms with van der Waals surface area (Å²) in [6.07, 6.45) is 3.87. The monoisotopic (exact) mass is 454 g/mol. The predicted molar refractivity (Wildman–Crippen MR) is 136 cm³/mol. The molecule has 1 aromatic heterocycles. The standard InChI is InChI=1S/C29H34N4O/c1-22-9-7-14-25(31-22)21-32-19-16-26(17-20-32)33-28(24-11-3-2-4-12-24)27-15-6-5-10-23(27)13-8-18-30-29(33)34/h2-7,9-12,14-15,26,28H,8,13,16-21H2,1H3,(H,30,34). The highest BCUT2D eigenvalue weighted by molar-refractivity contribution is 5.76. The number of likely N-dealkylation sites (tertiary alicyclic amines) is 1. The number of carbonyl (C=O) groups excluding carboxylic acids is 1. The molecule has 0 radical (unpaired) electrons. The van der Waals surface area contributed by atoms with Gasteiger partial charge in [0.2, 0.25) is 0 Å². The molecule has 1 unspecified atom stereocenters. The molecule has 2 aliphatic rings. The summed E-state index contributed by atoms with van der Waals surface area (Å²) in [7, 11) is 0. The minimum absolute atomic E-state index is 0.0596. The Hall–Kier alpha value is -3.18. The molecule has 5 heteroatoms. The van der Waals surface area contributed by atoms with Gasteiger partial charge in [0.25, 0.3) is 0 Å². The second-order valence-corrected chi connectivity index (χ2v) is 9.53. The summed E-state index contributed by atoms with van der Waals surface area (Å²) in [6.45, 7) is 5.55. The molecular formula is C29H34N4O. The fourth-order valence-electron chi connectivity index (χ4n) is 5.49. The lowest BCUT2D eigenvalue weighted by Crippen LogP contribution is -2.52. The second-order valence-electron chi connectivity index (χ2n) is 9.53. The number of rotatable bonds is 4. The number of carbonyl (C=O) groups is 1. The molecule has 0 spiro atoms. The van der Waals surface area contributed by atoms with Gasteiger partial charge in [-0.1, -0.05) is 60.7 Å². The first kappa shape index (κ1) is 22.6. The number of pyridine rings is 1. The Labute approximate surface area is 202 Å². The van der Waals surface area contributed by atoms with Crippen molar-refractivity contribution in [3.8, 4) is 0 Å². The molecule has 1 fully saturated rings. The third kappa shape index (κ3) is 5.00. The molecule has 176 valence electrons. The summed E-state index contributed by atoms with van der Waals surface area (Å²) in [6, 6.07) is 25.6. The fourth-order valence-corrected chi connectivity index (χ4v) is 5.49. The molecule has 0 bridgehead atoms. The maximum Gasteiger partial charge on any atom is 0.318 e. The van der Waals surface area contributed by atoms with Gasteiger partial charge in [-0.25, -0.2) is 4.79 Å². The van der Waals surface area contributed by atoms with E-state index in [1.165, 1.54) is 16.7 Å². The van der Waals surface area contributed by atoms with Crippen molar-refractivity contribution in [1.29, 1.82) is 0 Å². The largest absolute Gasteiger partial charge is 0.338 e. The maximum atomic E-state index is 13.6. The molecule has 5 rings (SSSR count). The molecule has 2 aromatic carbocycles. The quantitative estimate of drug-likeness (QED) is 0.597. The Morgan fingerprint density at radius 2 is 1.71 bits per heavy atom. The summed E-state index contributed by atoms with van der Waals surface area (Å²) >= 11 is 0. The third-order valence-corrected chi connectivity index (χ3v) is 7.16. The van der Waals surface area contributed by atoms with Crippen LogP contribution in [-0.2, 0) is 13.0 Å². The highest BCUT2D eigenvalue weighted by Gasteiger charge is 2.36. The Morgan fingerprint density at radius 1 is 0.941 bits per heavy atom. The zero-order valence-electron chi connectivity index (χ0n) is 20.0. The van der Waals surface area contributed by atoms with Gasteiger partial charge in [-0.2, -0.15) is 0 Å². The smallest absolute Gasteiger partial charge is 0.318 e. The number of hydrogen-bond donors (Lipinski definition) is 1. The van der Waals surface area contributed by atoms with Crippen molar-refractivity contribution in [2.75, 3.05) is 19.6 Å². The molecule has 2 amide bonds. The van der Waals surface area contributed by atoms with Crippen molar-refractivity contribution < 1.29 is 4.79 Å². The minimum Gasteiger partial charge on any atom is -0.338 e. The van der Waals surface area contributed by atoms with Crippen molar-refractivity contribution in [3.05, 3.63) is 101 Å². The molecular weight excluding hydrogens is 420 g/mol. The van der Waals surface area contributed by atoms with Crippen molar-refractivity contribution in [2.24, 2.45) is 0 Å². The lowest BCUT2D eigenvalue weighted by atomic mass is 9.89. The molecule has 1 atom stereocenters. The van der Waals surface area contributed by atoms with E-state index in [1.807, 2.05) is 19.1 Å². The predicted octanol–water partition coefficient (Wildman–Crippen LogP) is 5.10. The lowest BCUT2D eigenvalue weighted by Gasteiger charge is -2.43. The van der Waals surface area contributed by atoms with Crippen LogP contribution < -0.4 is 5.32 Å². The Morgan fingerprint density at radius 3 is 2.50 bits per heavy atom. The SMILES string of the molecule is Cc1cccc(CN2CCC(N3C(=O)NCCCc4ccccc4C3c3ccccc3)CC2)n1. The van der Waals surface area contributed by atoms with E-state index in [4.69, 9.17) is 0 Å². The van der Waals surface area contributed by atoms with E-state index in [0.717, 1.165) is 56.7 Å². The number of piperidine rings is 1. The normalized spacial score (nSPS) is 20.1. The fraction of sp³-hybridized carbons (Fsp3) is 0.379. The highest BCUT2D eigenvalue weighted by Crippen LogP contribution is 2.36. The van der Waals surface area contributed by atoms with Crippen molar-refractivity contribution in [2.45, 2.75) is 51.2 Å². The molecule has 3 heterocycles. The van der Waals surface area contributed by atoms with Crippen LogP contribution in [0.5, 0.6) is 0 Å². The first-order valence-electron chi connectivity index (χ1n) is 12.5. The van der Waals surface area contributed by atoms with Gasteiger partial charge in [0.1, 0.15) is 0 Å². The summed E-state index contributed by atoms with van der Waals surface area (Å²) in [5, 5.41) is 3.23. The molecule has 34 heavy (non-hydrogen) atoms. The van der Waals surface area contributed by atoms with Crippen molar-refractivity contribution in [1.82, 2.24) is 20.1 Å². The Bertz CT molecular complexity index is 1110. The second kappa shape index (κ2) is 10.4. The summed E-state index contributed by atoms with van der Waals surface area (Å²) < 4.78 is 0. The molecule has 1 saturated heterocycles. The number of aromatic nitrogens is 1. The number of aryl methyl sites for hydroxylation is 2. The number of nitrogens with zero attached hydrogens (tertiary/aromatic N) is 3. The number of fused-ring (bicyclic) bond motifs is 1. The number of urea groups is 1. The Balaban J connectivity index is 1.43. The van der Waals surface area contributed by atoms with Crippen LogP contribution in [0.3, 0.4) is 0 Å². The van der Waals surface area contributed by atoms with Crippen LogP contribution in [0.4, 0.5) is 4.79 Å². The van der Waals surface area contributed by atoms with Gasteiger partial charge in [0.15, 0.2) is 0 Å². The number of amides is 2.